The number of hydrogen-bond donors (Lipinski definition) is 3. The zero-order valence-electron chi connectivity index (χ0n) is 16.9. The van der Waals surface area contributed by atoms with Gasteiger partial charge in [-0.3, -0.25) is 14.9 Å². The van der Waals surface area contributed by atoms with Crippen LogP contribution >= 0.6 is 12.2 Å². The number of benzene rings is 3. The van der Waals surface area contributed by atoms with E-state index in [4.69, 9.17) is 16.6 Å². The maximum absolute atomic E-state index is 13.3. The van der Waals surface area contributed by atoms with Gasteiger partial charge in [-0.05, 0) is 73.2 Å². The van der Waals surface area contributed by atoms with Crippen LogP contribution in [0.5, 0.6) is 0 Å². The second-order valence-corrected chi connectivity index (χ2v) is 7.46. The van der Waals surface area contributed by atoms with Crippen molar-refractivity contribution in [2.45, 2.75) is 6.92 Å². The van der Waals surface area contributed by atoms with E-state index in [1.807, 2.05) is 25.1 Å². The number of nitrogens with one attached hydrogen (secondary N) is 3. The molecule has 0 aliphatic heterocycles. The quantitative estimate of drug-likeness (QED) is 0.372. The van der Waals surface area contributed by atoms with Crippen LogP contribution in [0.4, 0.5) is 15.8 Å². The average Bonchev–Trinajstić information content (AvgIpc) is 3.20. The van der Waals surface area contributed by atoms with Crippen LogP contribution in [0.2, 0.25) is 0 Å². The normalized spacial score (nSPS) is 10.6. The van der Waals surface area contributed by atoms with Crippen molar-refractivity contribution in [3.63, 3.8) is 0 Å². The lowest BCUT2D eigenvalue weighted by atomic mass is 10.1. The summed E-state index contributed by atoms with van der Waals surface area (Å²) in [5.74, 6) is -1.17. The molecule has 160 valence electrons. The maximum atomic E-state index is 13.3. The third-order valence-electron chi connectivity index (χ3n) is 4.70. The number of carbonyl (C=O) groups is 2. The van der Waals surface area contributed by atoms with Crippen molar-refractivity contribution in [2.75, 3.05) is 10.6 Å². The number of carbonyl (C=O) groups excluding carboxylic acids is 2. The van der Waals surface area contributed by atoms with Gasteiger partial charge in [0.15, 0.2) is 10.9 Å². The first-order chi connectivity index (χ1) is 15.4. The highest BCUT2D eigenvalue weighted by molar-refractivity contribution is 7.80. The predicted molar refractivity (Wildman–Crippen MR) is 125 cm³/mol. The van der Waals surface area contributed by atoms with Gasteiger partial charge in [0.25, 0.3) is 11.8 Å². The van der Waals surface area contributed by atoms with Crippen LogP contribution in [0.1, 0.15) is 26.5 Å². The van der Waals surface area contributed by atoms with Crippen molar-refractivity contribution < 1.29 is 18.4 Å². The Balaban J connectivity index is 1.39. The molecule has 6 nitrogen and oxygen atoms in total. The molecule has 32 heavy (non-hydrogen) atoms. The Morgan fingerprint density at radius 2 is 1.72 bits per heavy atom. The Morgan fingerprint density at radius 1 is 0.906 bits per heavy atom. The van der Waals surface area contributed by atoms with Crippen LogP contribution in [-0.2, 0) is 0 Å². The minimum atomic E-state index is -0.520. The molecule has 1 heterocycles. The number of thiocarbonyl (C=S) groups is 1. The molecule has 0 radical (unpaired) electrons. The summed E-state index contributed by atoms with van der Waals surface area (Å²) < 4.78 is 18.9. The molecule has 0 fully saturated rings. The van der Waals surface area contributed by atoms with Gasteiger partial charge < -0.3 is 15.1 Å². The van der Waals surface area contributed by atoms with Gasteiger partial charge in [0, 0.05) is 22.3 Å². The summed E-state index contributed by atoms with van der Waals surface area (Å²) >= 11 is 5.17. The van der Waals surface area contributed by atoms with Crippen molar-refractivity contribution in [3.05, 3.63) is 95.5 Å². The molecule has 0 atom stereocenters. The molecule has 2 amide bonds. The van der Waals surface area contributed by atoms with Crippen LogP contribution < -0.4 is 16.0 Å². The first-order valence-electron chi connectivity index (χ1n) is 9.67. The van der Waals surface area contributed by atoms with Gasteiger partial charge in [0.05, 0.1) is 0 Å². The number of para-hydroxylation sites is 1. The molecule has 1 aromatic heterocycles. The summed E-state index contributed by atoms with van der Waals surface area (Å²) in [5.41, 5.74) is 2.81. The fourth-order valence-electron chi connectivity index (χ4n) is 3.13. The lowest BCUT2D eigenvalue weighted by molar-refractivity contribution is 0.0974. The van der Waals surface area contributed by atoms with E-state index >= 15 is 0 Å². The third kappa shape index (κ3) is 4.81. The number of amides is 2. The Labute approximate surface area is 188 Å². The molecule has 4 rings (SSSR count). The molecule has 0 aliphatic rings. The van der Waals surface area contributed by atoms with Gasteiger partial charge in [-0.1, -0.05) is 24.3 Å². The predicted octanol–water partition coefficient (Wildman–Crippen LogP) is 5.26. The lowest BCUT2D eigenvalue weighted by Crippen LogP contribution is -2.34. The Morgan fingerprint density at radius 3 is 2.47 bits per heavy atom. The van der Waals surface area contributed by atoms with Gasteiger partial charge >= 0.3 is 0 Å². The summed E-state index contributed by atoms with van der Waals surface area (Å²) in [6.45, 7) is 1.83. The van der Waals surface area contributed by atoms with E-state index in [0.717, 1.165) is 17.0 Å². The number of anilines is 2. The van der Waals surface area contributed by atoms with E-state index in [9.17, 15) is 14.0 Å². The molecule has 0 bridgehead atoms. The van der Waals surface area contributed by atoms with Gasteiger partial charge in [-0.25, -0.2) is 4.39 Å². The maximum Gasteiger partial charge on any atom is 0.291 e. The molecule has 8 heteroatoms. The molecule has 0 spiro atoms. The van der Waals surface area contributed by atoms with Gasteiger partial charge in [0.1, 0.15) is 11.4 Å². The van der Waals surface area contributed by atoms with E-state index in [2.05, 4.69) is 16.0 Å². The number of aryl methyl sites for hydroxylation is 1. The molecule has 0 aliphatic carbocycles. The molecule has 3 N–H and O–H groups in total. The van der Waals surface area contributed by atoms with Gasteiger partial charge in [0.2, 0.25) is 0 Å². The molecule has 0 unspecified atom stereocenters. The first-order valence-corrected chi connectivity index (χ1v) is 10.1. The van der Waals surface area contributed by atoms with E-state index in [1.54, 1.807) is 30.3 Å². The third-order valence-corrected chi connectivity index (χ3v) is 4.90. The number of hydrogen-bond acceptors (Lipinski definition) is 4. The highest BCUT2D eigenvalue weighted by Gasteiger charge is 2.14. The van der Waals surface area contributed by atoms with Crippen molar-refractivity contribution in [1.29, 1.82) is 0 Å². The summed E-state index contributed by atoms with van der Waals surface area (Å²) in [7, 11) is 0. The molecule has 0 saturated heterocycles. The van der Waals surface area contributed by atoms with Crippen molar-refractivity contribution in [2.24, 2.45) is 0 Å². The smallest absolute Gasteiger partial charge is 0.291 e. The van der Waals surface area contributed by atoms with Gasteiger partial charge in [-0.2, -0.15) is 0 Å². The number of halogens is 1. The minimum absolute atomic E-state index is 0.0673. The van der Waals surface area contributed by atoms with Crippen molar-refractivity contribution >= 4 is 51.5 Å². The average molecular weight is 447 g/mol. The van der Waals surface area contributed by atoms with Crippen LogP contribution in [0.25, 0.3) is 11.0 Å². The second kappa shape index (κ2) is 8.99. The number of furan rings is 1. The zero-order chi connectivity index (χ0) is 22.7. The largest absolute Gasteiger partial charge is 0.451 e. The topological polar surface area (TPSA) is 83.4 Å². The molecule has 4 aromatic rings. The fraction of sp³-hybridized carbons (Fsp3) is 0.0417. The van der Waals surface area contributed by atoms with Crippen LogP contribution in [0.3, 0.4) is 0 Å². The lowest BCUT2D eigenvalue weighted by Gasteiger charge is -2.12. The Bertz CT molecular complexity index is 1320. The Hall–Kier alpha value is -4.04. The van der Waals surface area contributed by atoms with Crippen molar-refractivity contribution in [3.8, 4) is 0 Å². The van der Waals surface area contributed by atoms with Crippen LogP contribution in [-0.4, -0.2) is 16.9 Å². The molecular formula is C24H18FN3O3S. The monoisotopic (exact) mass is 447 g/mol. The summed E-state index contributed by atoms with van der Waals surface area (Å²) in [5, 5.41) is 9.15. The van der Waals surface area contributed by atoms with Crippen LogP contribution in [0, 0.1) is 12.7 Å². The molecular weight excluding hydrogens is 429 g/mol. The molecule has 0 saturated carbocycles. The summed E-state index contributed by atoms with van der Waals surface area (Å²) in [6.07, 6.45) is 0. The second-order valence-electron chi connectivity index (χ2n) is 7.05. The number of fused-ring (bicyclic) bond motifs is 1. The minimum Gasteiger partial charge on any atom is -0.451 e. The van der Waals surface area contributed by atoms with Gasteiger partial charge in [-0.15, -0.1) is 0 Å². The van der Waals surface area contributed by atoms with E-state index < -0.39 is 11.7 Å². The van der Waals surface area contributed by atoms with E-state index in [-0.39, 0.29) is 22.3 Å². The van der Waals surface area contributed by atoms with Crippen LogP contribution in [0.15, 0.2) is 77.2 Å². The standard InChI is InChI=1S/C24H18FN3O3S/c1-14-11-18(26-24(32)28-22(29)16-6-4-7-17(25)12-16)9-10-19(14)27-23(30)21-13-15-5-2-3-8-20(15)31-21/h2-13H,1H3,(H,27,30)(H2,26,28,29,32). The summed E-state index contributed by atoms with van der Waals surface area (Å²) in [4.78, 5) is 24.7. The zero-order valence-corrected chi connectivity index (χ0v) is 17.8. The highest BCUT2D eigenvalue weighted by Crippen LogP contribution is 2.23. The summed E-state index contributed by atoms with van der Waals surface area (Å²) in [6, 6.07) is 19.6. The fourth-order valence-corrected chi connectivity index (χ4v) is 3.34. The highest BCUT2D eigenvalue weighted by atomic mass is 32.1. The van der Waals surface area contributed by atoms with E-state index in [1.165, 1.54) is 18.2 Å². The molecule has 3 aromatic carbocycles. The number of rotatable bonds is 4. The first kappa shape index (κ1) is 21.2. The SMILES string of the molecule is Cc1cc(NC(=S)NC(=O)c2cccc(F)c2)ccc1NC(=O)c1cc2ccccc2o1. The Kier molecular flexibility index (Phi) is 5.96. The van der Waals surface area contributed by atoms with E-state index in [0.29, 0.717) is 17.0 Å². The van der Waals surface area contributed by atoms with Crippen molar-refractivity contribution in [1.82, 2.24) is 5.32 Å².